The number of nitrogens with zero attached hydrogens (tertiary/aromatic N) is 3. The minimum atomic E-state index is -3.92. The molecule has 0 saturated carbocycles. The summed E-state index contributed by atoms with van der Waals surface area (Å²) in [5.41, 5.74) is 1.86. The second-order valence-electron chi connectivity index (χ2n) is 5.37. The van der Waals surface area contributed by atoms with E-state index in [1.54, 1.807) is 13.1 Å². The zero-order valence-electron chi connectivity index (χ0n) is 13.2. The molecule has 0 bridgehead atoms. The average molecular weight is 344 g/mol. The van der Waals surface area contributed by atoms with Crippen molar-refractivity contribution in [3.8, 4) is 0 Å². The van der Waals surface area contributed by atoms with Crippen LogP contribution >= 0.6 is 0 Å². The summed E-state index contributed by atoms with van der Waals surface area (Å²) >= 11 is 0. The van der Waals surface area contributed by atoms with Gasteiger partial charge in [0, 0.05) is 49.0 Å². The highest BCUT2D eigenvalue weighted by Crippen LogP contribution is 2.21. The van der Waals surface area contributed by atoms with Crippen LogP contribution in [0.4, 0.5) is 0 Å². The summed E-state index contributed by atoms with van der Waals surface area (Å²) < 4.78 is 29.4. The average Bonchev–Trinajstić information content (AvgIpc) is 3.10. The van der Waals surface area contributed by atoms with Gasteiger partial charge in [-0.25, -0.2) is 13.1 Å². The van der Waals surface area contributed by atoms with Crippen molar-refractivity contribution in [3.63, 3.8) is 0 Å². The van der Waals surface area contributed by atoms with Gasteiger partial charge in [0.15, 0.2) is 0 Å². The summed E-state index contributed by atoms with van der Waals surface area (Å²) in [6, 6.07) is 7.76. The maximum atomic E-state index is 12.1. The lowest BCUT2D eigenvalue weighted by Gasteiger charge is -2.01. The minimum Gasteiger partial charge on any atom is -0.350 e. The number of carbonyl (C=O) groups excluding carboxylic acids is 1. The fraction of sp³-hybridized carbons (Fsp3) is 0.125. The van der Waals surface area contributed by atoms with Gasteiger partial charge in [-0.2, -0.15) is 5.10 Å². The fourth-order valence-corrected chi connectivity index (χ4v) is 3.36. The lowest BCUT2D eigenvalue weighted by atomic mass is 10.1. The molecule has 0 aliphatic rings. The number of para-hydroxylation sites is 1. The first kappa shape index (κ1) is 16.0. The number of fused-ring (bicyclic) bond motifs is 1. The van der Waals surface area contributed by atoms with Crippen LogP contribution in [-0.2, 0) is 28.9 Å². The molecule has 0 radical (unpaired) electrons. The van der Waals surface area contributed by atoms with Crippen molar-refractivity contribution in [2.24, 2.45) is 14.1 Å². The van der Waals surface area contributed by atoms with E-state index in [1.807, 2.05) is 46.8 Å². The quantitative estimate of drug-likeness (QED) is 0.726. The molecule has 124 valence electrons. The van der Waals surface area contributed by atoms with Crippen LogP contribution in [0.2, 0.25) is 0 Å². The standard InChI is InChI=1S/C16H16N4O3S/c1-19-10-12(14-5-3-4-6-15(14)19)7-8-16(21)18-24(22,23)13-9-17-20(2)11-13/h3-11H,1-2H3,(H,18,21)/b8-7+. The van der Waals surface area contributed by atoms with Gasteiger partial charge < -0.3 is 4.57 Å². The normalized spacial score (nSPS) is 12.1. The molecule has 24 heavy (non-hydrogen) atoms. The predicted molar refractivity (Wildman–Crippen MR) is 90.5 cm³/mol. The van der Waals surface area contributed by atoms with E-state index in [4.69, 9.17) is 0 Å². The molecule has 7 nitrogen and oxygen atoms in total. The van der Waals surface area contributed by atoms with Crippen molar-refractivity contribution in [2.75, 3.05) is 0 Å². The molecule has 2 heterocycles. The molecule has 2 aromatic heterocycles. The number of aromatic nitrogens is 3. The molecule has 0 aliphatic heterocycles. The monoisotopic (exact) mass is 344 g/mol. The number of benzene rings is 1. The summed E-state index contributed by atoms with van der Waals surface area (Å²) in [7, 11) is -0.412. The first-order chi connectivity index (χ1) is 11.4. The van der Waals surface area contributed by atoms with Crippen LogP contribution in [-0.4, -0.2) is 28.7 Å². The molecule has 0 spiro atoms. The SMILES string of the molecule is Cn1cc(S(=O)(=O)NC(=O)/C=C/c2cn(C)c3ccccc23)cn1. The number of hydrogen-bond acceptors (Lipinski definition) is 4. The van der Waals surface area contributed by atoms with E-state index in [0.717, 1.165) is 16.5 Å². The van der Waals surface area contributed by atoms with Crippen LogP contribution in [0.3, 0.4) is 0 Å². The molecule has 0 unspecified atom stereocenters. The van der Waals surface area contributed by atoms with E-state index in [1.165, 1.54) is 23.2 Å². The highest BCUT2D eigenvalue weighted by Gasteiger charge is 2.18. The Bertz CT molecular complexity index is 1040. The number of amides is 1. The van der Waals surface area contributed by atoms with E-state index < -0.39 is 15.9 Å². The second-order valence-corrected chi connectivity index (χ2v) is 7.05. The number of rotatable bonds is 4. The van der Waals surface area contributed by atoms with Gasteiger partial charge in [-0.15, -0.1) is 0 Å². The molecule has 1 aromatic carbocycles. The van der Waals surface area contributed by atoms with Gasteiger partial charge in [0.05, 0.1) is 6.20 Å². The van der Waals surface area contributed by atoms with Gasteiger partial charge in [0.25, 0.3) is 15.9 Å². The molecule has 8 heteroatoms. The maximum absolute atomic E-state index is 12.1. The second kappa shape index (κ2) is 5.97. The number of carbonyl (C=O) groups is 1. The van der Waals surface area contributed by atoms with Crippen LogP contribution in [0.25, 0.3) is 17.0 Å². The molecule has 0 atom stereocenters. The van der Waals surface area contributed by atoms with E-state index in [9.17, 15) is 13.2 Å². The maximum Gasteiger partial charge on any atom is 0.267 e. The molecule has 1 N–H and O–H groups in total. The Balaban J connectivity index is 1.80. The summed E-state index contributed by atoms with van der Waals surface area (Å²) in [5.74, 6) is -0.716. The minimum absolute atomic E-state index is 0.0584. The Morgan fingerprint density at radius 2 is 1.96 bits per heavy atom. The van der Waals surface area contributed by atoms with Crippen LogP contribution in [0.15, 0.2) is 53.8 Å². The smallest absolute Gasteiger partial charge is 0.267 e. The highest BCUT2D eigenvalue weighted by molar-refractivity contribution is 7.90. The summed E-state index contributed by atoms with van der Waals surface area (Å²) in [4.78, 5) is 11.9. The lowest BCUT2D eigenvalue weighted by molar-refractivity contribution is -0.114. The van der Waals surface area contributed by atoms with E-state index in [2.05, 4.69) is 5.10 Å². The molecular formula is C16H16N4O3S. The van der Waals surface area contributed by atoms with Crippen molar-refractivity contribution in [2.45, 2.75) is 4.90 Å². The zero-order valence-corrected chi connectivity index (χ0v) is 14.0. The van der Waals surface area contributed by atoms with Gasteiger partial charge in [-0.3, -0.25) is 9.48 Å². The van der Waals surface area contributed by atoms with Crippen molar-refractivity contribution >= 4 is 32.9 Å². The van der Waals surface area contributed by atoms with Crippen molar-refractivity contribution in [1.29, 1.82) is 0 Å². The van der Waals surface area contributed by atoms with Crippen molar-refractivity contribution in [1.82, 2.24) is 19.1 Å². The third kappa shape index (κ3) is 3.09. The van der Waals surface area contributed by atoms with Gasteiger partial charge >= 0.3 is 0 Å². The molecule has 0 saturated heterocycles. The zero-order chi connectivity index (χ0) is 17.3. The lowest BCUT2D eigenvalue weighted by Crippen LogP contribution is -2.28. The van der Waals surface area contributed by atoms with E-state index in [-0.39, 0.29) is 4.90 Å². The molecule has 0 fully saturated rings. The largest absolute Gasteiger partial charge is 0.350 e. The Morgan fingerprint density at radius 1 is 1.21 bits per heavy atom. The van der Waals surface area contributed by atoms with E-state index in [0.29, 0.717) is 0 Å². The molecule has 1 amide bonds. The van der Waals surface area contributed by atoms with Gasteiger partial charge in [0.2, 0.25) is 0 Å². The number of nitrogens with one attached hydrogen (secondary N) is 1. The molecule has 3 rings (SSSR count). The first-order valence-corrected chi connectivity index (χ1v) is 8.63. The van der Waals surface area contributed by atoms with E-state index >= 15 is 0 Å². The third-order valence-electron chi connectivity index (χ3n) is 3.57. The van der Waals surface area contributed by atoms with Gasteiger partial charge in [-0.05, 0) is 12.1 Å². The number of hydrogen-bond donors (Lipinski definition) is 1. The van der Waals surface area contributed by atoms with Crippen LogP contribution < -0.4 is 4.72 Å². The summed E-state index contributed by atoms with van der Waals surface area (Å²) in [5, 5.41) is 4.77. The molecule has 3 aromatic rings. The van der Waals surface area contributed by atoms with Crippen LogP contribution in [0.1, 0.15) is 5.56 Å². The molecular weight excluding hydrogens is 328 g/mol. The third-order valence-corrected chi connectivity index (χ3v) is 4.87. The first-order valence-electron chi connectivity index (χ1n) is 7.14. The summed E-state index contributed by atoms with van der Waals surface area (Å²) in [6.45, 7) is 0. The fourth-order valence-electron chi connectivity index (χ4n) is 2.43. The van der Waals surface area contributed by atoms with Crippen LogP contribution in [0, 0.1) is 0 Å². The Morgan fingerprint density at radius 3 is 2.67 bits per heavy atom. The predicted octanol–water partition coefficient (Wildman–Crippen LogP) is 1.43. The Labute approximate surface area is 139 Å². The highest BCUT2D eigenvalue weighted by atomic mass is 32.2. The van der Waals surface area contributed by atoms with Crippen molar-refractivity contribution < 1.29 is 13.2 Å². The molecule has 0 aliphatic carbocycles. The van der Waals surface area contributed by atoms with Crippen LogP contribution in [0.5, 0.6) is 0 Å². The van der Waals surface area contributed by atoms with Gasteiger partial charge in [0.1, 0.15) is 4.90 Å². The number of sulfonamides is 1. The van der Waals surface area contributed by atoms with Gasteiger partial charge in [-0.1, -0.05) is 18.2 Å². The topological polar surface area (TPSA) is 86.0 Å². The Hall–Kier alpha value is -2.87. The summed E-state index contributed by atoms with van der Waals surface area (Å²) in [6.07, 6.45) is 7.18. The Kier molecular flexibility index (Phi) is 3.98. The van der Waals surface area contributed by atoms with Crippen molar-refractivity contribution in [3.05, 3.63) is 54.5 Å². The number of aryl methyl sites for hydroxylation is 2.